The third-order valence-electron chi connectivity index (χ3n) is 3.20. The minimum absolute atomic E-state index is 0.0803. The highest BCUT2D eigenvalue weighted by molar-refractivity contribution is 9.10. The molecule has 20 heavy (non-hydrogen) atoms. The molecule has 1 amide bonds. The summed E-state index contributed by atoms with van der Waals surface area (Å²) in [6, 6.07) is 5.52. The maximum Gasteiger partial charge on any atom is 0.323 e. The first kappa shape index (κ1) is 14.8. The third kappa shape index (κ3) is 3.72. The Balaban J connectivity index is 2.13. The van der Waals surface area contributed by atoms with Gasteiger partial charge in [0, 0.05) is 16.1 Å². The van der Waals surface area contributed by atoms with Crippen molar-refractivity contribution < 1.29 is 19.4 Å². The molecule has 0 bridgehead atoms. The van der Waals surface area contributed by atoms with E-state index in [4.69, 9.17) is 9.84 Å². The fourth-order valence-corrected chi connectivity index (χ4v) is 2.51. The molecular formula is C14H16BrNO4. The molecule has 1 aliphatic carbocycles. The second-order valence-corrected chi connectivity index (χ2v) is 5.70. The van der Waals surface area contributed by atoms with Crippen LogP contribution in [-0.4, -0.2) is 41.6 Å². The average molecular weight is 342 g/mol. The van der Waals surface area contributed by atoms with Gasteiger partial charge in [-0.2, -0.15) is 0 Å². The van der Waals surface area contributed by atoms with Crippen LogP contribution in [0.4, 0.5) is 0 Å². The molecule has 0 saturated heterocycles. The number of hydrogen-bond acceptors (Lipinski definition) is 3. The van der Waals surface area contributed by atoms with Crippen molar-refractivity contribution in [1.29, 1.82) is 0 Å². The number of carbonyl (C=O) groups is 2. The lowest BCUT2D eigenvalue weighted by atomic mass is 10.1. The van der Waals surface area contributed by atoms with E-state index in [0.29, 0.717) is 5.75 Å². The quantitative estimate of drug-likeness (QED) is 0.860. The van der Waals surface area contributed by atoms with E-state index in [9.17, 15) is 9.59 Å². The Morgan fingerprint density at radius 2 is 2.15 bits per heavy atom. The molecule has 1 aliphatic rings. The van der Waals surface area contributed by atoms with Crippen molar-refractivity contribution in [2.75, 3.05) is 13.7 Å². The fourth-order valence-electron chi connectivity index (χ4n) is 2.10. The van der Waals surface area contributed by atoms with Crippen LogP contribution in [0.2, 0.25) is 0 Å². The topological polar surface area (TPSA) is 66.8 Å². The normalized spacial score (nSPS) is 13.9. The van der Waals surface area contributed by atoms with E-state index in [2.05, 4.69) is 15.9 Å². The maximum atomic E-state index is 12.3. The number of benzene rings is 1. The molecule has 0 radical (unpaired) electrons. The van der Waals surface area contributed by atoms with Gasteiger partial charge in [0.15, 0.2) is 0 Å². The summed E-state index contributed by atoms with van der Waals surface area (Å²) >= 11 is 3.36. The largest absolute Gasteiger partial charge is 0.496 e. The molecule has 1 fully saturated rings. The van der Waals surface area contributed by atoms with Crippen molar-refractivity contribution in [2.45, 2.75) is 25.3 Å². The Labute approximate surface area is 125 Å². The van der Waals surface area contributed by atoms with Crippen molar-refractivity contribution in [3.8, 4) is 5.75 Å². The number of carboxylic acids is 1. The lowest BCUT2D eigenvalue weighted by molar-refractivity contribution is -0.144. The van der Waals surface area contributed by atoms with Gasteiger partial charge in [-0.25, -0.2) is 0 Å². The highest BCUT2D eigenvalue weighted by Gasteiger charge is 2.33. The van der Waals surface area contributed by atoms with Crippen LogP contribution in [0.5, 0.6) is 5.75 Å². The van der Waals surface area contributed by atoms with Gasteiger partial charge in [0.1, 0.15) is 12.3 Å². The minimum Gasteiger partial charge on any atom is -0.496 e. The second kappa shape index (κ2) is 6.26. The molecule has 1 aromatic carbocycles. The highest BCUT2D eigenvalue weighted by atomic mass is 79.9. The van der Waals surface area contributed by atoms with Crippen LogP contribution in [0.3, 0.4) is 0 Å². The number of ether oxygens (including phenoxy) is 1. The summed E-state index contributed by atoms with van der Waals surface area (Å²) < 4.78 is 6.09. The van der Waals surface area contributed by atoms with Gasteiger partial charge in [-0.05, 0) is 31.0 Å². The number of carboxylic acid groups (broad SMARTS) is 1. The van der Waals surface area contributed by atoms with E-state index in [0.717, 1.165) is 22.9 Å². The van der Waals surface area contributed by atoms with Crippen molar-refractivity contribution >= 4 is 27.8 Å². The Morgan fingerprint density at radius 1 is 1.45 bits per heavy atom. The SMILES string of the molecule is COc1ccc(Br)cc1CC(=O)N(CC(=O)O)C1CC1. The van der Waals surface area contributed by atoms with Gasteiger partial charge in [0.05, 0.1) is 13.5 Å². The van der Waals surface area contributed by atoms with Crippen LogP contribution < -0.4 is 4.74 Å². The monoisotopic (exact) mass is 341 g/mol. The van der Waals surface area contributed by atoms with Crippen molar-refractivity contribution in [3.05, 3.63) is 28.2 Å². The predicted octanol–water partition coefficient (Wildman–Crippen LogP) is 2.08. The highest BCUT2D eigenvalue weighted by Crippen LogP contribution is 2.29. The van der Waals surface area contributed by atoms with Gasteiger partial charge < -0.3 is 14.7 Å². The Kier molecular flexibility index (Phi) is 4.65. The maximum absolute atomic E-state index is 12.3. The van der Waals surface area contributed by atoms with E-state index in [1.54, 1.807) is 13.2 Å². The number of methoxy groups -OCH3 is 1. The number of aliphatic carboxylic acids is 1. The summed E-state index contributed by atoms with van der Waals surface area (Å²) in [7, 11) is 1.55. The van der Waals surface area contributed by atoms with E-state index in [1.165, 1.54) is 4.90 Å². The molecule has 1 aromatic rings. The second-order valence-electron chi connectivity index (χ2n) is 4.78. The van der Waals surface area contributed by atoms with Gasteiger partial charge in [-0.15, -0.1) is 0 Å². The number of hydrogen-bond donors (Lipinski definition) is 1. The van der Waals surface area contributed by atoms with Crippen LogP contribution in [0.1, 0.15) is 18.4 Å². The van der Waals surface area contributed by atoms with Crippen LogP contribution >= 0.6 is 15.9 Å². The summed E-state index contributed by atoms with van der Waals surface area (Å²) in [6.07, 6.45) is 1.91. The molecule has 1 N–H and O–H groups in total. The number of halogens is 1. The fraction of sp³-hybridized carbons (Fsp3) is 0.429. The number of carbonyl (C=O) groups excluding carboxylic acids is 1. The molecule has 0 spiro atoms. The van der Waals surface area contributed by atoms with Gasteiger partial charge >= 0.3 is 5.97 Å². The smallest absolute Gasteiger partial charge is 0.323 e. The molecule has 0 aromatic heterocycles. The molecule has 5 nitrogen and oxygen atoms in total. The first-order chi connectivity index (χ1) is 9.51. The van der Waals surface area contributed by atoms with E-state index in [1.807, 2.05) is 12.1 Å². The Bertz CT molecular complexity index is 528. The van der Waals surface area contributed by atoms with Gasteiger partial charge in [-0.3, -0.25) is 9.59 Å². The molecule has 0 unspecified atom stereocenters. The first-order valence-corrected chi connectivity index (χ1v) is 7.14. The van der Waals surface area contributed by atoms with Gasteiger partial charge in [-0.1, -0.05) is 15.9 Å². The lowest BCUT2D eigenvalue weighted by Gasteiger charge is -2.20. The summed E-state index contributed by atoms with van der Waals surface area (Å²) in [4.78, 5) is 24.6. The van der Waals surface area contributed by atoms with E-state index in [-0.39, 0.29) is 24.9 Å². The lowest BCUT2D eigenvalue weighted by Crippen LogP contribution is -2.38. The summed E-state index contributed by atoms with van der Waals surface area (Å²) in [5, 5.41) is 8.89. The first-order valence-electron chi connectivity index (χ1n) is 6.35. The van der Waals surface area contributed by atoms with Gasteiger partial charge in [0.2, 0.25) is 5.91 Å². The minimum atomic E-state index is -0.980. The number of rotatable bonds is 6. The van der Waals surface area contributed by atoms with Crippen LogP contribution in [0, 0.1) is 0 Å². The van der Waals surface area contributed by atoms with Crippen molar-refractivity contribution in [2.24, 2.45) is 0 Å². The number of nitrogens with zero attached hydrogens (tertiary/aromatic N) is 1. The molecule has 0 heterocycles. The molecule has 6 heteroatoms. The molecule has 0 atom stereocenters. The van der Waals surface area contributed by atoms with Gasteiger partial charge in [0.25, 0.3) is 0 Å². The summed E-state index contributed by atoms with van der Waals surface area (Å²) in [6.45, 7) is -0.236. The zero-order valence-electron chi connectivity index (χ0n) is 11.1. The third-order valence-corrected chi connectivity index (χ3v) is 3.69. The van der Waals surface area contributed by atoms with E-state index >= 15 is 0 Å². The zero-order valence-corrected chi connectivity index (χ0v) is 12.7. The zero-order chi connectivity index (χ0) is 14.7. The number of amides is 1. The predicted molar refractivity (Wildman–Crippen MR) is 76.8 cm³/mol. The van der Waals surface area contributed by atoms with Crippen molar-refractivity contribution in [3.63, 3.8) is 0 Å². The standard InChI is InChI=1S/C14H16BrNO4/c1-20-12-5-2-10(15)6-9(12)7-13(17)16(8-14(18)19)11-3-4-11/h2,5-6,11H,3-4,7-8H2,1H3,(H,18,19). The van der Waals surface area contributed by atoms with Crippen LogP contribution in [-0.2, 0) is 16.0 Å². The molecule has 0 aliphatic heterocycles. The summed E-state index contributed by atoms with van der Waals surface area (Å²) in [5.41, 5.74) is 0.753. The molecular weight excluding hydrogens is 326 g/mol. The van der Waals surface area contributed by atoms with Crippen molar-refractivity contribution in [1.82, 2.24) is 4.90 Å². The van der Waals surface area contributed by atoms with E-state index < -0.39 is 5.97 Å². The Morgan fingerprint density at radius 3 is 2.70 bits per heavy atom. The van der Waals surface area contributed by atoms with Crippen LogP contribution in [0.25, 0.3) is 0 Å². The summed E-state index contributed by atoms with van der Waals surface area (Å²) in [5.74, 6) is -0.523. The average Bonchev–Trinajstić information content (AvgIpc) is 3.20. The molecule has 1 saturated carbocycles. The van der Waals surface area contributed by atoms with Crippen LogP contribution in [0.15, 0.2) is 22.7 Å². The molecule has 2 rings (SSSR count). The Hall–Kier alpha value is -1.56. The molecule has 108 valence electrons.